The topological polar surface area (TPSA) is 112 Å². The number of benzene rings is 1. The minimum atomic E-state index is -0.676. The second kappa shape index (κ2) is 7.27. The molecule has 8 nitrogen and oxygen atoms in total. The Bertz CT molecular complexity index is 602. The molecule has 1 atom stereocenters. The minimum Gasteiger partial charge on any atom is -0.276 e. The summed E-state index contributed by atoms with van der Waals surface area (Å²) in [5.41, 5.74) is 7.67. The molecule has 0 bridgehead atoms. The van der Waals surface area contributed by atoms with E-state index in [2.05, 4.69) is 26.7 Å². The predicted octanol–water partition coefficient (Wildman–Crippen LogP) is -0.231. The molecule has 1 saturated heterocycles. The largest absolute Gasteiger partial charge is 0.335 e. The van der Waals surface area contributed by atoms with E-state index in [0.29, 0.717) is 5.56 Å². The van der Waals surface area contributed by atoms with Gasteiger partial charge in [-0.1, -0.05) is 12.1 Å². The number of imide groups is 1. The zero-order valence-electron chi connectivity index (χ0n) is 11.4. The second-order valence-corrected chi connectivity index (χ2v) is 4.52. The average Bonchev–Trinajstić information content (AvgIpc) is 2.48. The molecule has 0 radical (unpaired) electrons. The molecule has 1 unspecified atom stereocenters. The summed E-state index contributed by atoms with van der Waals surface area (Å²) in [4.78, 5) is 33.8. The Kier molecular flexibility index (Phi) is 5.15. The van der Waals surface area contributed by atoms with Crippen LogP contribution in [-0.2, 0) is 9.59 Å². The van der Waals surface area contributed by atoms with E-state index < -0.39 is 18.0 Å². The highest BCUT2D eigenvalue weighted by molar-refractivity contribution is 5.99. The SMILES string of the molecule is O=C(CCC1NNC(=O)NC1=O)N/N=C/c1ccc(F)cc1. The van der Waals surface area contributed by atoms with E-state index in [-0.39, 0.29) is 24.6 Å². The molecule has 1 fully saturated rings. The lowest BCUT2D eigenvalue weighted by Gasteiger charge is -2.22. The standard InChI is InChI=1S/C13H14FN5O3/c14-9-3-1-8(2-4-9)7-15-18-11(20)6-5-10-12(21)16-13(22)19-17-10/h1-4,7,10,17H,5-6H2,(H,18,20)(H2,16,19,21,22)/b15-7+. The van der Waals surface area contributed by atoms with Crippen LogP contribution in [0.2, 0.25) is 0 Å². The molecule has 4 N–H and O–H groups in total. The first-order chi connectivity index (χ1) is 10.5. The smallest absolute Gasteiger partial charge is 0.276 e. The molecule has 1 aliphatic heterocycles. The number of nitrogens with one attached hydrogen (secondary N) is 4. The third-order valence-corrected chi connectivity index (χ3v) is 2.85. The number of hydrogen-bond acceptors (Lipinski definition) is 5. The average molecular weight is 307 g/mol. The van der Waals surface area contributed by atoms with Crippen molar-refractivity contribution in [2.24, 2.45) is 5.10 Å². The normalized spacial score (nSPS) is 18.0. The first kappa shape index (κ1) is 15.6. The van der Waals surface area contributed by atoms with Crippen molar-refractivity contribution < 1.29 is 18.8 Å². The fraction of sp³-hybridized carbons (Fsp3) is 0.231. The number of urea groups is 1. The first-order valence-electron chi connectivity index (χ1n) is 6.48. The second-order valence-electron chi connectivity index (χ2n) is 4.52. The van der Waals surface area contributed by atoms with E-state index in [1.807, 2.05) is 0 Å². The Hall–Kier alpha value is -2.81. The minimum absolute atomic E-state index is 0.0434. The highest BCUT2D eigenvalue weighted by Gasteiger charge is 2.25. The number of hydrogen-bond donors (Lipinski definition) is 4. The third-order valence-electron chi connectivity index (χ3n) is 2.85. The van der Waals surface area contributed by atoms with Crippen molar-refractivity contribution >= 4 is 24.1 Å². The zero-order chi connectivity index (χ0) is 15.9. The van der Waals surface area contributed by atoms with Gasteiger partial charge in [0.25, 0.3) is 0 Å². The van der Waals surface area contributed by atoms with Crippen LogP contribution in [0.1, 0.15) is 18.4 Å². The van der Waals surface area contributed by atoms with Gasteiger partial charge in [0.2, 0.25) is 11.8 Å². The van der Waals surface area contributed by atoms with Crippen LogP contribution in [0.3, 0.4) is 0 Å². The van der Waals surface area contributed by atoms with E-state index in [4.69, 9.17) is 0 Å². The van der Waals surface area contributed by atoms with Gasteiger partial charge in [-0.2, -0.15) is 5.10 Å². The molecule has 2 rings (SSSR count). The maximum atomic E-state index is 12.7. The van der Waals surface area contributed by atoms with Crippen molar-refractivity contribution in [3.63, 3.8) is 0 Å². The van der Waals surface area contributed by atoms with Crippen molar-refractivity contribution in [2.45, 2.75) is 18.9 Å². The van der Waals surface area contributed by atoms with Gasteiger partial charge in [0, 0.05) is 6.42 Å². The fourth-order valence-electron chi connectivity index (χ4n) is 1.71. The monoisotopic (exact) mass is 307 g/mol. The molecule has 22 heavy (non-hydrogen) atoms. The van der Waals surface area contributed by atoms with E-state index in [0.717, 1.165) is 0 Å². The first-order valence-corrected chi connectivity index (χ1v) is 6.48. The molecular weight excluding hydrogens is 293 g/mol. The molecule has 0 spiro atoms. The van der Waals surface area contributed by atoms with Crippen LogP contribution in [0.4, 0.5) is 9.18 Å². The van der Waals surface area contributed by atoms with Gasteiger partial charge in [-0.05, 0) is 24.1 Å². The van der Waals surface area contributed by atoms with E-state index in [9.17, 15) is 18.8 Å². The molecule has 0 aromatic heterocycles. The third kappa shape index (κ3) is 4.63. The van der Waals surface area contributed by atoms with Gasteiger partial charge < -0.3 is 0 Å². The number of hydrazone groups is 1. The van der Waals surface area contributed by atoms with Crippen molar-refractivity contribution in [1.29, 1.82) is 0 Å². The number of amides is 4. The summed E-state index contributed by atoms with van der Waals surface area (Å²) in [7, 11) is 0. The van der Waals surface area contributed by atoms with Gasteiger partial charge in [-0.3, -0.25) is 20.3 Å². The van der Waals surface area contributed by atoms with Crippen LogP contribution in [0.5, 0.6) is 0 Å². The van der Waals surface area contributed by atoms with E-state index in [1.165, 1.54) is 30.5 Å². The Balaban J connectivity index is 1.73. The molecule has 1 aliphatic rings. The summed E-state index contributed by atoms with van der Waals surface area (Å²) in [6.45, 7) is 0. The highest BCUT2D eigenvalue weighted by Crippen LogP contribution is 2.01. The van der Waals surface area contributed by atoms with Gasteiger partial charge in [0.1, 0.15) is 11.9 Å². The number of carbonyl (C=O) groups excluding carboxylic acids is 3. The van der Waals surface area contributed by atoms with Crippen LogP contribution >= 0.6 is 0 Å². The molecule has 1 heterocycles. The Morgan fingerprint density at radius 1 is 1.32 bits per heavy atom. The highest BCUT2D eigenvalue weighted by atomic mass is 19.1. The van der Waals surface area contributed by atoms with Crippen molar-refractivity contribution in [1.82, 2.24) is 21.6 Å². The molecule has 1 aromatic carbocycles. The molecule has 4 amide bonds. The maximum Gasteiger partial charge on any atom is 0.335 e. The maximum absolute atomic E-state index is 12.7. The molecule has 116 valence electrons. The lowest BCUT2D eigenvalue weighted by molar-refractivity contribution is -0.124. The lowest BCUT2D eigenvalue weighted by atomic mass is 10.1. The van der Waals surface area contributed by atoms with Crippen LogP contribution in [0, 0.1) is 5.82 Å². The van der Waals surface area contributed by atoms with Gasteiger partial charge in [0.05, 0.1) is 6.21 Å². The lowest BCUT2D eigenvalue weighted by Crippen LogP contribution is -2.62. The number of hydrazine groups is 1. The number of halogens is 1. The quantitative estimate of drug-likeness (QED) is 0.444. The summed E-state index contributed by atoms with van der Waals surface area (Å²) < 4.78 is 12.7. The van der Waals surface area contributed by atoms with Crippen molar-refractivity contribution in [3.8, 4) is 0 Å². The van der Waals surface area contributed by atoms with Gasteiger partial charge in [-0.25, -0.2) is 20.0 Å². The number of nitrogens with zero attached hydrogens (tertiary/aromatic N) is 1. The Morgan fingerprint density at radius 3 is 2.73 bits per heavy atom. The van der Waals surface area contributed by atoms with Crippen molar-refractivity contribution in [3.05, 3.63) is 35.6 Å². The summed E-state index contributed by atoms with van der Waals surface area (Å²) in [6.07, 6.45) is 1.62. The van der Waals surface area contributed by atoms with Gasteiger partial charge in [0.15, 0.2) is 0 Å². The van der Waals surface area contributed by atoms with E-state index >= 15 is 0 Å². The predicted molar refractivity (Wildman–Crippen MR) is 75.0 cm³/mol. The fourth-order valence-corrected chi connectivity index (χ4v) is 1.71. The summed E-state index contributed by atoms with van der Waals surface area (Å²) in [6, 6.07) is 4.29. The van der Waals surface area contributed by atoms with Crippen LogP contribution in [0.15, 0.2) is 29.4 Å². The van der Waals surface area contributed by atoms with Gasteiger partial charge >= 0.3 is 6.03 Å². The molecule has 9 heteroatoms. The van der Waals surface area contributed by atoms with E-state index in [1.54, 1.807) is 0 Å². The Labute approximate surface area is 125 Å². The van der Waals surface area contributed by atoms with Crippen LogP contribution in [-0.4, -0.2) is 30.1 Å². The summed E-state index contributed by atoms with van der Waals surface area (Å²) >= 11 is 0. The van der Waals surface area contributed by atoms with Gasteiger partial charge in [-0.15, -0.1) is 0 Å². The number of rotatable bonds is 5. The Morgan fingerprint density at radius 2 is 2.05 bits per heavy atom. The summed E-state index contributed by atoms with van der Waals surface area (Å²) in [5.74, 6) is -1.23. The van der Waals surface area contributed by atoms with Crippen LogP contribution in [0.25, 0.3) is 0 Å². The molecule has 1 aromatic rings. The summed E-state index contributed by atoms with van der Waals surface area (Å²) in [5, 5.41) is 5.81. The van der Waals surface area contributed by atoms with Crippen LogP contribution < -0.4 is 21.6 Å². The molecule has 0 aliphatic carbocycles. The number of carbonyl (C=O) groups is 3. The molecule has 0 saturated carbocycles. The van der Waals surface area contributed by atoms with Crippen molar-refractivity contribution in [2.75, 3.05) is 0 Å². The molecular formula is C13H14FN5O3. The zero-order valence-corrected chi connectivity index (χ0v) is 11.4.